The molecule has 0 N–H and O–H groups in total. The minimum atomic E-state index is 0. The Morgan fingerprint density at radius 2 is 1.25 bits per heavy atom. The average molecular weight is 106 g/mol. The Kier molecular flexibility index (Phi) is 98.5. The molecule has 0 saturated carbocycles. The van der Waals surface area contributed by atoms with Gasteiger partial charge in [0.25, 0.3) is 0 Å². The van der Waals surface area contributed by atoms with E-state index in [1.165, 1.54) is 0 Å². The molecule has 0 bridgehead atoms. The summed E-state index contributed by atoms with van der Waals surface area (Å²) in [6.45, 7) is 0. The van der Waals surface area contributed by atoms with Crippen LogP contribution >= 0.6 is 0 Å². The second-order valence-corrected chi connectivity index (χ2v) is 0. The van der Waals surface area contributed by atoms with Crippen LogP contribution in [-0.2, 0) is 19.3 Å². The molecule has 0 saturated heterocycles. The fraction of sp³-hybridized carbons (Fsp3) is 0. The van der Waals surface area contributed by atoms with E-state index in [1.54, 1.807) is 0 Å². The normalized spacial score (nSPS) is 1.50. The third-order valence-electron chi connectivity index (χ3n) is 0. The first-order chi connectivity index (χ1) is 1.00. The van der Waals surface area contributed by atoms with Crippen LogP contribution in [0.25, 0.3) is 0 Å². The summed E-state index contributed by atoms with van der Waals surface area (Å²) in [4.78, 5) is 0. The molecular weight excluding hydrogens is 106 g/mol. The van der Waals surface area contributed by atoms with Gasteiger partial charge in [0.2, 0.25) is 0 Å². The van der Waals surface area contributed by atoms with Gasteiger partial charge in [-0.05, 0) is 0 Å². The van der Waals surface area contributed by atoms with E-state index < -0.39 is 0 Å². The molecule has 4 heavy (non-hydrogen) atoms. The topological polar surface area (TPSA) is 17.1 Å². The molecule has 0 aliphatic carbocycles. The number of rotatable bonds is 0. The molecule has 1 nitrogen and oxygen atoms in total. The molecular formula is LiMgNiO. The molecule has 3 radical (unpaired) electrons. The number of hydrogen-bond acceptors (Lipinski definition) is 1. The summed E-state index contributed by atoms with van der Waals surface area (Å²) in [5.41, 5.74) is 0. The maximum absolute atomic E-state index is 7.88. The van der Waals surface area contributed by atoms with Crippen molar-refractivity contribution in [1.29, 1.82) is 0 Å². The summed E-state index contributed by atoms with van der Waals surface area (Å²) < 4.78 is 7.88. The predicted molar refractivity (Wildman–Crippen MR) is 12.2 cm³/mol. The Bertz CT molecular complexity index is 8.00. The molecule has 0 aromatic rings. The Balaban J connectivity index is -0.00000000500. The van der Waals surface area contributed by atoms with Crippen LogP contribution in [-0.4, -0.2) is 41.9 Å². The molecule has 0 unspecified atom stereocenters. The molecule has 0 fully saturated rings. The van der Waals surface area contributed by atoms with Crippen molar-refractivity contribution >= 4 is 41.9 Å². The van der Waals surface area contributed by atoms with Crippen LogP contribution in [0.4, 0.5) is 0 Å². The second-order valence-electron chi connectivity index (χ2n) is 0. The van der Waals surface area contributed by atoms with Crippen molar-refractivity contribution in [2.45, 2.75) is 0 Å². The van der Waals surface area contributed by atoms with Gasteiger partial charge in [-0.1, -0.05) is 0 Å². The molecule has 0 aliphatic heterocycles. The monoisotopic (exact) mass is 105 g/mol. The van der Waals surface area contributed by atoms with Crippen molar-refractivity contribution in [3.8, 4) is 0 Å². The van der Waals surface area contributed by atoms with Crippen LogP contribution < -0.4 is 0 Å². The third-order valence-corrected chi connectivity index (χ3v) is 0. The van der Waals surface area contributed by atoms with Crippen molar-refractivity contribution in [3.63, 3.8) is 0 Å². The quantitative estimate of drug-likeness (QED) is 0.366. The van der Waals surface area contributed by atoms with Crippen LogP contribution in [0.15, 0.2) is 0 Å². The molecule has 0 amide bonds. The molecule has 0 rings (SSSR count). The van der Waals surface area contributed by atoms with Gasteiger partial charge in [0.15, 0.2) is 0 Å². The van der Waals surface area contributed by atoms with Gasteiger partial charge in [0, 0.05) is 41.9 Å². The van der Waals surface area contributed by atoms with Gasteiger partial charge in [-0.3, -0.25) is 0 Å². The zero-order valence-electron chi connectivity index (χ0n) is 2.43. The minimum absolute atomic E-state index is 0. The van der Waals surface area contributed by atoms with Gasteiger partial charge >= 0.3 is 19.3 Å². The van der Waals surface area contributed by atoms with E-state index in [0.29, 0.717) is 0 Å². The summed E-state index contributed by atoms with van der Waals surface area (Å²) in [6.07, 6.45) is 0. The first kappa shape index (κ1) is 17.4. The van der Waals surface area contributed by atoms with Crippen LogP contribution in [0.5, 0.6) is 0 Å². The first-order valence-electron chi connectivity index (χ1n) is 0.129. The van der Waals surface area contributed by atoms with E-state index in [1.807, 2.05) is 0 Å². The van der Waals surface area contributed by atoms with E-state index in [-0.39, 0.29) is 41.9 Å². The molecule has 0 atom stereocenters. The fourth-order valence-corrected chi connectivity index (χ4v) is 0. The molecule has 0 aliphatic rings. The maximum atomic E-state index is 7.88. The number of hydrogen-bond donors (Lipinski definition) is 0. The summed E-state index contributed by atoms with van der Waals surface area (Å²) >= 11 is 2.62. The molecule has 0 aromatic carbocycles. The van der Waals surface area contributed by atoms with Crippen LogP contribution in [0.2, 0.25) is 0 Å². The van der Waals surface area contributed by atoms with Gasteiger partial charge in [0.05, 0.1) is 0 Å². The molecule has 4 heteroatoms. The standard InChI is InChI=1S/Li.Mg.Ni.O. The van der Waals surface area contributed by atoms with Crippen molar-refractivity contribution < 1.29 is 19.3 Å². The third kappa shape index (κ3) is 9.40. The summed E-state index contributed by atoms with van der Waals surface area (Å²) in [5, 5.41) is 0. The Morgan fingerprint density at radius 1 is 1.25 bits per heavy atom. The van der Waals surface area contributed by atoms with Gasteiger partial charge in [0.1, 0.15) is 0 Å². The van der Waals surface area contributed by atoms with Gasteiger partial charge in [-0.25, -0.2) is 0 Å². The Labute approximate surface area is 60.8 Å². The average Bonchev–Trinajstić information content (AvgIpc) is 1.00. The van der Waals surface area contributed by atoms with E-state index in [4.69, 9.17) is 3.90 Å². The van der Waals surface area contributed by atoms with Gasteiger partial charge in [-0.2, -0.15) is 0 Å². The van der Waals surface area contributed by atoms with Crippen LogP contribution in [0.3, 0.4) is 0 Å². The zero-order chi connectivity index (χ0) is 2.00. The molecule has 0 heterocycles. The van der Waals surface area contributed by atoms with Crippen LogP contribution in [0, 0.1) is 0 Å². The van der Waals surface area contributed by atoms with Crippen molar-refractivity contribution in [1.82, 2.24) is 0 Å². The van der Waals surface area contributed by atoms with Crippen molar-refractivity contribution in [2.24, 2.45) is 0 Å². The first-order valence-corrected chi connectivity index (χ1v) is 0.532. The van der Waals surface area contributed by atoms with E-state index in [0.717, 1.165) is 0 Å². The Hall–Kier alpha value is 1.66. The van der Waals surface area contributed by atoms with Crippen LogP contribution in [0.1, 0.15) is 0 Å². The van der Waals surface area contributed by atoms with Crippen molar-refractivity contribution in [2.75, 3.05) is 0 Å². The molecule has 19 valence electrons. The summed E-state index contributed by atoms with van der Waals surface area (Å²) in [5.74, 6) is 0. The molecule has 0 spiro atoms. The van der Waals surface area contributed by atoms with Crippen molar-refractivity contribution in [3.05, 3.63) is 0 Å². The van der Waals surface area contributed by atoms with E-state index >= 15 is 0 Å². The molecule has 0 aromatic heterocycles. The SMILES string of the molecule is [Li].[Mg].[O]=[Ni]. The fourth-order valence-electron chi connectivity index (χ4n) is 0. The van der Waals surface area contributed by atoms with Gasteiger partial charge in [-0.15, -0.1) is 0 Å². The summed E-state index contributed by atoms with van der Waals surface area (Å²) in [7, 11) is 0. The van der Waals surface area contributed by atoms with Gasteiger partial charge < -0.3 is 0 Å². The zero-order valence-corrected chi connectivity index (χ0v) is 4.83. The van der Waals surface area contributed by atoms with E-state index in [9.17, 15) is 0 Å². The summed E-state index contributed by atoms with van der Waals surface area (Å²) in [6, 6.07) is 0. The Morgan fingerprint density at radius 3 is 1.25 bits per heavy atom. The second kappa shape index (κ2) is 22.7. The van der Waals surface area contributed by atoms with E-state index in [2.05, 4.69) is 15.4 Å². The predicted octanol–water partition coefficient (Wildman–Crippen LogP) is -0.883.